The Hall–Kier alpha value is -1.82. The van der Waals surface area contributed by atoms with Crippen molar-refractivity contribution in [2.45, 2.75) is 6.54 Å². The topological polar surface area (TPSA) is 30.7 Å². The Morgan fingerprint density at radius 3 is 2.63 bits per heavy atom. The number of hydrogen-bond donors (Lipinski definition) is 0. The van der Waals surface area contributed by atoms with Gasteiger partial charge in [0.05, 0.1) is 17.4 Å². The predicted molar refractivity (Wildman–Crippen MR) is 70.7 cm³/mol. The van der Waals surface area contributed by atoms with Crippen molar-refractivity contribution in [3.8, 4) is 0 Å². The van der Waals surface area contributed by atoms with Gasteiger partial charge in [-0.3, -0.25) is 9.67 Å². The van der Waals surface area contributed by atoms with Crippen molar-refractivity contribution in [3.05, 3.63) is 58.5 Å². The summed E-state index contributed by atoms with van der Waals surface area (Å²) >= 11 is 3.31. The van der Waals surface area contributed by atoms with Gasteiger partial charge in [-0.15, -0.1) is 0 Å². The van der Waals surface area contributed by atoms with Crippen LogP contribution in [0.4, 0.5) is 8.78 Å². The molecule has 3 aromatic rings. The van der Waals surface area contributed by atoms with E-state index in [1.54, 1.807) is 23.1 Å². The van der Waals surface area contributed by atoms with Gasteiger partial charge in [0.2, 0.25) is 0 Å². The molecule has 0 atom stereocenters. The van der Waals surface area contributed by atoms with Crippen LogP contribution < -0.4 is 0 Å². The number of benzene rings is 1. The molecule has 0 spiro atoms. The highest BCUT2D eigenvalue weighted by molar-refractivity contribution is 9.10. The van der Waals surface area contributed by atoms with Crippen LogP contribution in [0, 0.1) is 11.6 Å². The van der Waals surface area contributed by atoms with Gasteiger partial charge < -0.3 is 0 Å². The Bertz CT molecular complexity index is 734. The van der Waals surface area contributed by atoms with Gasteiger partial charge in [0.15, 0.2) is 0 Å². The molecule has 0 saturated carbocycles. The predicted octanol–water partition coefficient (Wildman–Crippen LogP) is 3.52. The molecule has 0 fully saturated rings. The molecule has 1 aromatic carbocycles. The Labute approximate surface area is 116 Å². The molecule has 0 saturated heterocycles. The van der Waals surface area contributed by atoms with Gasteiger partial charge in [0.25, 0.3) is 0 Å². The highest BCUT2D eigenvalue weighted by Gasteiger charge is 2.13. The van der Waals surface area contributed by atoms with Gasteiger partial charge in [0, 0.05) is 18.0 Å². The number of pyridine rings is 1. The van der Waals surface area contributed by atoms with E-state index in [1.165, 1.54) is 18.2 Å². The van der Waals surface area contributed by atoms with Crippen molar-refractivity contribution in [2.75, 3.05) is 0 Å². The standard InChI is InChI=1S/C13H8BrF2N3/c14-13-8-6-17-5-4-12(8)19(18-13)7-9-10(15)2-1-3-11(9)16/h1-6H,7H2. The molecular formula is C13H8BrF2N3. The van der Waals surface area contributed by atoms with E-state index in [-0.39, 0.29) is 12.1 Å². The second-order valence-corrected chi connectivity index (χ2v) is 4.79. The molecule has 0 aliphatic carbocycles. The molecular weight excluding hydrogens is 316 g/mol. The molecule has 0 radical (unpaired) electrons. The van der Waals surface area contributed by atoms with Crippen LogP contribution >= 0.6 is 15.9 Å². The average Bonchev–Trinajstić information content (AvgIpc) is 2.72. The highest BCUT2D eigenvalue weighted by atomic mass is 79.9. The Balaban J connectivity index is 2.11. The van der Waals surface area contributed by atoms with E-state index in [0.717, 1.165) is 10.9 Å². The van der Waals surface area contributed by atoms with Crippen LogP contribution in [-0.2, 0) is 6.54 Å². The molecule has 0 aliphatic heterocycles. The first-order valence-corrected chi connectivity index (χ1v) is 6.35. The van der Waals surface area contributed by atoms with Crippen molar-refractivity contribution < 1.29 is 8.78 Å². The minimum atomic E-state index is -0.575. The highest BCUT2D eigenvalue weighted by Crippen LogP contribution is 2.23. The molecule has 0 unspecified atom stereocenters. The van der Waals surface area contributed by atoms with Crippen molar-refractivity contribution in [1.29, 1.82) is 0 Å². The lowest BCUT2D eigenvalue weighted by atomic mass is 10.2. The van der Waals surface area contributed by atoms with Gasteiger partial charge >= 0.3 is 0 Å². The summed E-state index contributed by atoms with van der Waals surface area (Å²) in [5.41, 5.74) is 0.765. The van der Waals surface area contributed by atoms with E-state index in [2.05, 4.69) is 26.0 Å². The van der Waals surface area contributed by atoms with E-state index >= 15 is 0 Å². The monoisotopic (exact) mass is 323 g/mol. The molecule has 0 N–H and O–H groups in total. The summed E-state index contributed by atoms with van der Waals surface area (Å²) in [6.07, 6.45) is 3.27. The van der Waals surface area contributed by atoms with Gasteiger partial charge in [-0.2, -0.15) is 5.10 Å². The summed E-state index contributed by atoms with van der Waals surface area (Å²) < 4.78 is 29.4. The summed E-state index contributed by atoms with van der Waals surface area (Å²) in [6.45, 7) is 0.0324. The smallest absolute Gasteiger partial charge is 0.137 e. The molecule has 19 heavy (non-hydrogen) atoms. The third-order valence-electron chi connectivity index (χ3n) is 2.88. The van der Waals surface area contributed by atoms with E-state index < -0.39 is 11.6 Å². The van der Waals surface area contributed by atoms with Crippen LogP contribution in [0.25, 0.3) is 10.9 Å². The maximum Gasteiger partial charge on any atom is 0.137 e. The van der Waals surface area contributed by atoms with E-state index in [4.69, 9.17) is 0 Å². The number of hydrogen-bond acceptors (Lipinski definition) is 2. The number of fused-ring (bicyclic) bond motifs is 1. The molecule has 0 bridgehead atoms. The summed E-state index contributed by atoms with van der Waals surface area (Å²) in [5.74, 6) is -1.15. The van der Waals surface area contributed by atoms with Gasteiger partial charge in [0.1, 0.15) is 16.2 Å². The zero-order valence-electron chi connectivity index (χ0n) is 9.65. The SMILES string of the molecule is Fc1cccc(F)c1Cn1nc(Br)c2cnccc21. The van der Waals surface area contributed by atoms with Crippen LogP contribution in [0.15, 0.2) is 41.3 Å². The second kappa shape index (κ2) is 4.70. The van der Waals surface area contributed by atoms with E-state index in [9.17, 15) is 8.78 Å². The largest absolute Gasteiger partial charge is 0.264 e. The summed E-state index contributed by atoms with van der Waals surface area (Å²) in [7, 11) is 0. The fourth-order valence-corrected chi connectivity index (χ4v) is 2.44. The summed E-state index contributed by atoms with van der Waals surface area (Å²) in [5, 5.41) is 5.03. The molecule has 3 rings (SSSR count). The second-order valence-electron chi connectivity index (χ2n) is 4.04. The maximum atomic E-state index is 13.6. The molecule has 6 heteroatoms. The minimum absolute atomic E-state index is 0.00351. The molecule has 96 valence electrons. The Morgan fingerprint density at radius 2 is 1.89 bits per heavy atom. The zero-order chi connectivity index (χ0) is 13.4. The average molecular weight is 324 g/mol. The summed E-state index contributed by atoms with van der Waals surface area (Å²) in [6, 6.07) is 5.57. The van der Waals surface area contributed by atoms with Gasteiger partial charge in [-0.25, -0.2) is 8.78 Å². The van der Waals surface area contributed by atoms with Crippen LogP contribution in [0.2, 0.25) is 0 Å². The lowest BCUT2D eigenvalue weighted by molar-refractivity contribution is 0.536. The van der Waals surface area contributed by atoms with E-state index in [0.29, 0.717) is 4.60 Å². The molecule has 0 aliphatic rings. The van der Waals surface area contributed by atoms with Gasteiger partial charge in [-0.1, -0.05) is 6.07 Å². The third kappa shape index (κ3) is 2.12. The fourth-order valence-electron chi connectivity index (χ4n) is 1.94. The van der Waals surface area contributed by atoms with Gasteiger partial charge in [-0.05, 0) is 34.1 Å². The lowest BCUT2D eigenvalue weighted by Gasteiger charge is -2.06. The Kier molecular flexibility index (Phi) is 3.02. The van der Waals surface area contributed by atoms with Crippen LogP contribution in [0.3, 0.4) is 0 Å². The number of halogens is 3. The van der Waals surface area contributed by atoms with Crippen molar-refractivity contribution in [2.24, 2.45) is 0 Å². The maximum absolute atomic E-state index is 13.6. The number of rotatable bonds is 2. The first-order chi connectivity index (χ1) is 9.16. The van der Waals surface area contributed by atoms with Crippen LogP contribution in [-0.4, -0.2) is 14.8 Å². The third-order valence-corrected chi connectivity index (χ3v) is 3.46. The van der Waals surface area contributed by atoms with Crippen LogP contribution in [0.5, 0.6) is 0 Å². The zero-order valence-corrected chi connectivity index (χ0v) is 11.2. The van der Waals surface area contributed by atoms with Crippen molar-refractivity contribution in [1.82, 2.24) is 14.8 Å². The molecule has 3 nitrogen and oxygen atoms in total. The fraction of sp³-hybridized carbons (Fsp3) is 0.0769. The molecule has 2 heterocycles. The number of aromatic nitrogens is 3. The molecule has 0 amide bonds. The first-order valence-electron chi connectivity index (χ1n) is 5.56. The lowest BCUT2D eigenvalue weighted by Crippen LogP contribution is -2.06. The summed E-state index contributed by atoms with van der Waals surface area (Å²) in [4.78, 5) is 4.00. The quantitative estimate of drug-likeness (QED) is 0.722. The van der Waals surface area contributed by atoms with E-state index in [1.807, 2.05) is 0 Å². The van der Waals surface area contributed by atoms with Crippen LogP contribution in [0.1, 0.15) is 5.56 Å². The normalized spacial score (nSPS) is 11.1. The minimum Gasteiger partial charge on any atom is -0.264 e. The first kappa shape index (κ1) is 12.2. The van der Waals surface area contributed by atoms with Crippen molar-refractivity contribution >= 4 is 26.8 Å². The van der Waals surface area contributed by atoms with Crippen molar-refractivity contribution in [3.63, 3.8) is 0 Å². The molecule has 2 aromatic heterocycles. The number of nitrogens with zero attached hydrogens (tertiary/aromatic N) is 3. The Morgan fingerprint density at radius 1 is 1.16 bits per heavy atom.